The number of fused-ring (bicyclic) bond motifs is 1. The molecule has 0 unspecified atom stereocenters. The van der Waals surface area contributed by atoms with E-state index in [1.807, 2.05) is 73.7 Å². The van der Waals surface area contributed by atoms with E-state index in [9.17, 15) is 14.4 Å². The lowest BCUT2D eigenvalue weighted by atomic mass is 10.1. The fourth-order valence-electron chi connectivity index (χ4n) is 4.24. The van der Waals surface area contributed by atoms with Crippen LogP contribution in [0.25, 0.3) is 17.0 Å². The zero-order valence-electron chi connectivity index (χ0n) is 22.3. The molecule has 0 spiro atoms. The summed E-state index contributed by atoms with van der Waals surface area (Å²) in [6, 6.07) is 31.3. The van der Waals surface area contributed by atoms with Crippen LogP contribution in [0.1, 0.15) is 21.5 Å². The molecule has 0 saturated heterocycles. The Morgan fingerprint density at radius 1 is 0.805 bits per heavy atom. The van der Waals surface area contributed by atoms with Crippen molar-refractivity contribution in [1.82, 2.24) is 10.3 Å². The van der Waals surface area contributed by atoms with Gasteiger partial charge in [0.25, 0.3) is 11.8 Å². The highest BCUT2D eigenvalue weighted by Gasteiger charge is 2.16. The van der Waals surface area contributed by atoms with Gasteiger partial charge in [0, 0.05) is 44.5 Å². The number of thioether (sulfide) groups is 1. The van der Waals surface area contributed by atoms with E-state index in [0.29, 0.717) is 11.3 Å². The Labute approximate surface area is 242 Å². The number of hydrogen-bond donors (Lipinski definition) is 4. The number of aryl methyl sites for hydroxylation is 1. The van der Waals surface area contributed by atoms with Crippen molar-refractivity contribution in [3.05, 3.63) is 132 Å². The molecule has 0 atom stereocenters. The molecule has 0 radical (unpaired) electrons. The fourth-order valence-corrected chi connectivity index (χ4v) is 5.00. The summed E-state index contributed by atoms with van der Waals surface area (Å²) in [6.07, 6.45) is 3.45. The molecule has 0 fully saturated rings. The molecular formula is C33H28N4O3S. The predicted molar refractivity (Wildman–Crippen MR) is 166 cm³/mol. The summed E-state index contributed by atoms with van der Waals surface area (Å²) in [5, 5.41) is 9.49. The molecule has 5 rings (SSSR count). The molecule has 3 amide bonds. The molecule has 204 valence electrons. The first-order valence-electron chi connectivity index (χ1n) is 13.0. The Balaban J connectivity index is 1.31. The van der Waals surface area contributed by atoms with Crippen molar-refractivity contribution in [3.63, 3.8) is 0 Å². The lowest BCUT2D eigenvalue weighted by Crippen LogP contribution is -2.30. The van der Waals surface area contributed by atoms with Gasteiger partial charge >= 0.3 is 0 Å². The standard InChI is InChI=1S/C33H28N4O3S/c1-22-9-7-12-25(17-22)35-31(38)21-41-27-14-8-13-26(19-27)36-33(40)30(37-32(39)23-10-3-2-4-11-23)18-24-20-34-29-16-6-5-15-28(24)29/h2-20,34H,21H2,1H3,(H,35,38)(H,36,40)(H,37,39)/b30-18-. The number of carbonyl (C=O) groups excluding carboxylic acids is 3. The van der Waals surface area contributed by atoms with Crippen molar-refractivity contribution < 1.29 is 14.4 Å². The number of rotatable bonds is 9. The number of aromatic nitrogens is 1. The number of benzene rings is 4. The maximum atomic E-state index is 13.5. The summed E-state index contributed by atoms with van der Waals surface area (Å²) in [5.41, 5.74) is 4.58. The van der Waals surface area contributed by atoms with Crippen molar-refractivity contribution >= 4 is 57.8 Å². The molecule has 4 N–H and O–H groups in total. The Kier molecular flexibility index (Phi) is 8.61. The molecule has 0 aliphatic rings. The van der Waals surface area contributed by atoms with Crippen molar-refractivity contribution in [2.24, 2.45) is 0 Å². The number of aromatic amines is 1. The first-order valence-corrected chi connectivity index (χ1v) is 14.0. The summed E-state index contributed by atoms with van der Waals surface area (Å²) in [5.74, 6) is -0.776. The predicted octanol–water partition coefficient (Wildman–Crippen LogP) is 6.62. The summed E-state index contributed by atoms with van der Waals surface area (Å²) in [4.78, 5) is 42.9. The van der Waals surface area contributed by atoms with E-state index >= 15 is 0 Å². The Morgan fingerprint density at radius 2 is 1.54 bits per heavy atom. The average molecular weight is 561 g/mol. The fraction of sp³-hybridized carbons (Fsp3) is 0.0606. The molecule has 0 aliphatic carbocycles. The van der Waals surface area contributed by atoms with Crippen molar-refractivity contribution in [2.75, 3.05) is 16.4 Å². The first kappa shape index (κ1) is 27.5. The van der Waals surface area contributed by atoms with Gasteiger partial charge in [-0.05, 0) is 67.1 Å². The summed E-state index contributed by atoms with van der Waals surface area (Å²) in [6.45, 7) is 1.97. The van der Waals surface area contributed by atoms with E-state index < -0.39 is 11.8 Å². The van der Waals surface area contributed by atoms with E-state index in [1.165, 1.54) is 11.8 Å². The largest absolute Gasteiger partial charge is 0.361 e. The zero-order chi connectivity index (χ0) is 28.6. The summed E-state index contributed by atoms with van der Waals surface area (Å²) >= 11 is 1.36. The van der Waals surface area contributed by atoms with Crippen LogP contribution in [-0.2, 0) is 9.59 Å². The average Bonchev–Trinajstić information content (AvgIpc) is 3.39. The maximum Gasteiger partial charge on any atom is 0.272 e. The van der Waals surface area contributed by atoms with Gasteiger partial charge in [0.05, 0.1) is 5.75 Å². The monoisotopic (exact) mass is 560 g/mol. The van der Waals surface area contributed by atoms with Gasteiger partial charge < -0.3 is 20.9 Å². The molecule has 0 saturated carbocycles. The van der Waals surface area contributed by atoms with E-state index in [-0.39, 0.29) is 17.4 Å². The molecule has 0 bridgehead atoms. The molecule has 5 aromatic rings. The van der Waals surface area contributed by atoms with Crippen LogP contribution in [0.3, 0.4) is 0 Å². The second-order valence-corrected chi connectivity index (χ2v) is 10.4. The van der Waals surface area contributed by atoms with Gasteiger partial charge in [-0.2, -0.15) is 0 Å². The highest BCUT2D eigenvalue weighted by Crippen LogP contribution is 2.24. The van der Waals surface area contributed by atoms with Crippen molar-refractivity contribution in [2.45, 2.75) is 11.8 Å². The SMILES string of the molecule is Cc1cccc(NC(=O)CSc2cccc(NC(=O)/C(=C/c3c[nH]c4ccccc34)NC(=O)c3ccccc3)c2)c1. The Morgan fingerprint density at radius 3 is 2.34 bits per heavy atom. The molecule has 41 heavy (non-hydrogen) atoms. The van der Waals surface area contributed by atoms with Gasteiger partial charge in [0.1, 0.15) is 5.70 Å². The highest BCUT2D eigenvalue weighted by atomic mass is 32.2. The molecule has 4 aromatic carbocycles. The topological polar surface area (TPSA) is 103 Å². The van der Waals surface area contributed by atoms with Crippen LogP contribution >= 0.6 is 11.8 Å². The smallest absolute Gasteiger partial charge is 0.272 e. The number of amides is 3. The number of anilines is 2. The Hall–Kier alpha value is -5.08. The van der Waals surface area contributed by atoms with Crippen molar-refractivity contribution in [1.29, 1.82) is 0 Å². The van der Waals surface area contributed by atoms with Crippen LogP contribution in [0.2, 0.25) is 0 Å². The molecule has 1 heterocycles. The van der Waals surface area contributed by atoms with Crippen LogP contribution in [0.5, 0.6) is 0 Å². The zero-order valence-corrected chi connectivity index (χ0v) is 23.1. The van der Waals surface area contributed by atoms with Crippen LogP contribution in [0, 0.1) is 6.92 Å². The quantitative estimate of drug-likeness (QED) is 0.120. The van der Waals surface area contributed by atoms with Crippen molar-refractivity contribution in [3.8, 4) is 0 Å². The second-order valence-electron chi connectivity index (χ2n) is 9.36. The summed E-state index contributed by atoms with van der Waals surface area (Å²) in [7, 11) is 0. The second kappa shape index (κ2) is 12.8. The highest BCUT2D eigenvalue weighted by molar-refractivity contribution is 8.00. The minimum atomic E-state index is -0.473. The van der Waals surface area contributed by atoms with Gasteiger partial charge in [0.2, 0.25) is 5.91 Å². The number of nitrogens with one attached hydrogen (secondary N) is 4. The van der Waals surface area contributed by atoms with E-state index in [2.05, 4.69) is 20.9 Å². The van der Waals surface area contributed by atoms with Crippen LogP contribution in [0.4, 0.5) is 11.4 Å². The van der Waals surface area contributed by atoms with E-state index in [4.69, 9.17) is 0 Å². The number of para-hydroxylation sites is 1. The molecule has 0 aliphatic heterocycles. The minimum Gasteiger partial charge on any atom is -0.361 e. The third kappa shape index (κ3) is 7.32. The van der Waals surface area contributed by atoms with Gasteiger partial charge in [-0.1, -0.05) is 54.6 Å². The van der Waals surface area contributed by atoms with Crippen LogP contribution in [-0.4, -0.2) is 28.5 Å². The van der Waals surface area contributed by atoms with Gasteiger partial charge in [-0.3, -0.25) is 14.4 Å². The van der Waals surface area contributed by atoms with E-state index in [1.54, 1.807) is 48.7 Å². The Bertz CT molecular complexity index is 1740. The third-order valence-corrected chi connectivity index (χ3v) is 7.21. The molecular weight excluding hydrogens is 532 g/mol. The number of carbonyl (C=O) groups is 3. The first-order chi connectivity index (χ1) is 19.9. The number of hydrogen-bond acceptors (Lipinski definition) is 4. The molecule has 7 nitrogen and oxygen atoms in total. The number of H-pyrrole nitrogens is 1. The van der Waals surface area contributed by atoms with Gasteiger partial charge in [-0.15, -0.1) is 11.8 Å². The third-order valence-electron chi connectivity index (χ3n) is 6.21. The summed E-state index contributed by atoms with van der Waals surface area (Å²) < 4.78 is 0. The molecule has 1 aromatic heterocycles. The minimum absolute atomic E-state index is 0.0965. The lowest BCUT2D eigenvalue weighted by Gasteiger charge is -2.12. The van der Waals surface area contributed by atoms with Gasteiger partial charge in [0.15, 0.2) is 0 Å². The normalized spacial score (nSPS) is 11.2. The van der Waals surface area contributed by atoms with Crippen LogP contribution in [0.15, 0.2) is 120 Å². The van der Waals surface area contributed by atoms with Gasteiger partial charge in [-0.25, -0.2) is 0 Å². The lowest BCUT2D eigenvalue weighted by molar-refractivity contribution is -0.114. The van der Waals surface area contributed by atoms with Crippen LogP contribution < -0.4 is 16.0 Å². The van der Waals surface area contributed by atoms with E-state index in [0.717, 1.165) is 32.6 Å². The molecule has 8 heteroatoms. The maximum absolute atomic E-state index is 13.5.